The molecule has 0 radical (unpaired) electrons. The minimum Gasteiger partial charge on any atom is -0.351 e. The second kappa shape index (κ2) is 10.1. The van der Waals surface area contributed by atoms with Crippen LogP contribution in [-0.2, 0) is 4.79 Å². The Bertz CT molecular complexity index is 947. The molecule has 31 heavy (non-hydrogen) atoms. The number of hydrogen-bond acceptors (Lipinski definition) is 3. The molecule has 6 heteroatoms. The number of hydrogen-bond donors (Lipinski definition) is 2. The number of carbonyl (C=O) groups is 2. The Morgan fingerprint density at radius 1 is 1.10 bits per heavy atom. The van der Waals surface area contributed by atoms with Crippen molar-refractivity contribution >= 4 is 29.5 Å². The van der Waals surface area contributed by atoms with Crippen LogP contribution in [0.1, 0.15) is 53.2 Å². The maximum absolute atomic E-state index is 12.4. The van der Waals surface area contributed by atoms with Crippen molar-refractivity contribution in [2.75, 3.05) is 19.6 Å². The number of nitrogens with one attached hydrogen (secondary N) is 2. The van der Waals surface area contributed by atoms with Gasteiger partial charge in [0.1, 0.15) is 0 Å². The lowest BCUT2D eigenvalue weighted by molar-refractivity contribution is -0.116. The highest BCUT2D eigenvalue weighted by molar-refractivity contribution is 6.30. The summed E-state index contributed by atoms with van der Waals surface area (Å²) in [5.74, 6) is -0.175. The van der Waals surface area contributed by atoms with Crippen molar-refractivity contribution in [2.24, 2.45) is 0 Å². The molecular formula is C25H28ClN3O2. The number of carbonyl (C=O) groups excluding carboxylic acids is 2. The van der Waals surface area contributed by atoms with Crippen LogP contribution >= 0.6 is 11.6 Å². The van der Waals surface area contributed by atoms with Crippen LogP contribution in [0, 0.1) is 0 Å². The summed E-state index contributed by atoms with van der Waals surface area (Å²) in [5, 5.41) is 6.72. The van der Waals surface area contributed by atoms with Crippen LogP contribution in [0.4, 0.5) is 0 Å². The summed E-state index contributed by atoms with van der Waals surface area (Å²) in [7, 11) is 0. The number of benzene rings is 2. The van der Waals surface area contributed by atoms with Gasteiger partial charge >= 0.3 is 0 Å². The summed E-state index contributed by atoms with van der Waals surface area (Å²) in [4.78, 5) is 26.9. The van der Waals surface area contributed by atoms with Crippen LogP contribution in [0.3, 0.4) is 0 Å². The molecule has 1 aliphatic heterocycles. The summed E-state index contributed by atoms with van der Waals surface area (Å²) < 4.78 is 0. The van der Waals surface area contributed by atoms with Crippen molar-refractivity contribution in [1.82, 2.24) is 15.5 Å². The van der Waals surface area contributed by atoms with Gasteiger partial charge in [0, 0.05) is 29.2 Å². The Kier molecular flexibility index (Phi) is 7.05. The van der Waals surface area contributed by atoms with Crippen molar-refractivity contribution in [2.45, 2.75) is 37.8 Å². The Morgan fingerprint density at radius 3 is 2.52 bits per heavy atom. The quantitative estimate of drug-likeness (QED) is 0.608. The first kappa shape index (κ1) is 21.6. The molecule has 0 aromatic heterocycles. The minimum atomic E-state index is -0.137. The third-order valence-corrected chi connectivity index (χ3v) is 6.03. The molecule has 1 atom stereocenters. The summed E-state index contributed by atoms with van der Waals surface area (Å²) in [6.45, 7) is 2.59. The fraction of sp³-hybridized carbons (Fsp3) is 0.360. The van der Waals surface area contributed by atoms with E-state index in [1.807, 2.05) is 30.3 Å². The predicted octanol–water partition coefficient (Wildman–Crippen LogP) is 4.20. The lowest BCUT2D eigenvalue weighted by atomic mass is 10.1. The van der Waals surface area contributed by atoms with Crippen molar-refractivity contribution < 1.29 is 9.59 Å². The van der Waals surface area contributed by atoms with E-state index in [2.05, 4.69) is 21.6 Å². The Labute approximate surface area is 188 Å². The molecule has 2 aromatic rings. The summed E-state index contributed by atoms with van der Waals surface area (Å²) >= 11 is 6.19. The van der Waals surface area contributed by atoms with Crippen LogP contribution in [0.2, 0.25) is 5.02 Å². The molecule has 5 nitrogen and oxygen atoms in total. The third-order valence-electron chi connectivity index (χ3n) is 5.80. The summed E-state index contributed by atoms with van der Waals surface area (Å²) in [6.07, 6.45) is 7.80. The normalized spacial score (nSPS) is 17.6. The van der Waals surface area contributed by atoms with Crippen LogP contribution < -0.4 is 10.6 Å². The molecule has 2 amide bonds. The first-order valence-electron chi connectivity index (χ1n) is 10.9. The van der Waals surface area contributed by atoms with E-state index in [-0.39, 0.29) is 17.9 Å². The number of halogens is 1. The highest BCUT2D eigenvalue weighted by Crippen LogP contribution is 2.26. The van der Waals surface area contributed by atoms with E-state index in [9.17, 15) is 9.59 Å². The van der Waals surface area contributed by atoms with Crippen LogP contribution in [0.25, 0.3) is 6.08 Å². The molecular weight excluding hydrogens is 410 g/mol. The van der Waals surface area contributed by atoms with E-state index in [0.717, 1.165) is 37.1 Å². The highest BCUT2D eigenvalue weighted by atomic mass is 35.5. The van der Waals surface area contributed by atoms with Gasteiger partial charge in [-0.3, -0.25) is 14.5 Å². The fourth-order valence-corrected chi connectivity index (χ4v) is 4.09. The van der Waals surface area contributed by atoms with Gasteiger partial charge in [0.05, 0.1) is 6.04 Å². The second-order valence-corrected chi connectivity index (χ2v) is 8.70. The number of amides is 2. The van der Waals surface area contributed by atoms with E-state index < -0.39 is 0 Å². The zero-order chi connectivity index (χ0) is 21.6. The molecule has 1 heterocycles. The SMILES string of the molecule is O=C(/C=C/c1ccc(C(=O)NC2CC2)cc1)NCC(c1cccc(Cl)c1)N1CCCC1. The van der Waals surface area contributed by atoms with E-state index >= 15 is 0 Å². The standard InChI is InChI=1S/C25H28ClN3O2/c26-21-5-3-4-20(16-21)23(29-14-1-2-15-29)17-27-24(30)13-8-18-6-9-19(10-7-18)25(31)28-22-11-12-22/h3-10,13,16,22-23H,1-2,11-12,14-15,17H2,(H,27,30)(H,28,31)/b13-8+. The largest absolute Gasteiger partial charge is 0.351 e. The van der Waals surface area contributed by atoms with Gasteiger partial charge < -0.3 is 10.6 Å². The molecule has 1 saturated heterocycles. The van der Waals surface area contributed by atoms with Gasteiger partial charge in [-0.05, 0) is 80.2 Å². The molecule has 1 aliphatic carbocycles. The first-order chi connectivity index (χ1) is 15.1. The third kappa shape index (κ3) is 6.18. The smallest absolute Gasteiger partial charge is 0.251 e. The molecule has 1 unspecified atom stereocenters. The van der Waals surface area contributed by atoms with E-state index in [1.165, 1.54) is 18.9 Å². The molecule has 162 valence electrons. The van der Waals surface area contributed by atoms with Crippen molar-refractivity contribution in [3.8, 4) is 0 Å². The minimum absolute atomic E-state index is 0.0373. The average molecular weight is 438 g/mol. The Morgan fingerprint density at radius 2 is 1.84 bits per heavy atom. The summed E-state index contributed by atoms with van der Waals surface area (Å²) in [6, 6.07) is 15.6. The highest BCUT2D eigenvalue weighted by Gasteiger charge is 2.24. The van der Waals surface area contributed by atoms with Gasteiger partial charge in [-0.2, -0.15) is 0 Å². The lowest BCUT2D eigenvalue weighted by Crippen LogP contribution is -2.36. The molecule has 1 saturated carbocycles. The Balaban J connectivity index is 1.33. The molecule has 4 rings (SSSR count). The van der Waals surface area contributed by atoms with Crippen LogP contribution in [-0.4, -0.2) is 42.4 Å². The molecule has 2 N–H and O–H groups in total. The van der Waals surface area contributed by atoms with Crippen molar-refractivity contribution in [3.05, 3.63) is 76.3 Å². The molecule has 2 fully saturated rings. The first-order valence-corrected chi connectivity index (χ1v) is 11.3. The van der Waals surface area contributed by atoms with E-state index in [1.54, 1.807) is 18.2 Å². The van der Waals surface area contributed by atoms with Gasteiger partial charge in [-0.15, -0.1) is 0 Å². The van der Waals surface area contributed by atoms with Gasteiger partial charge in [0.2, 0.25) is 5.91 Å². The van der Waals surface area contributed by atoms with E-state index in [0.29, 0.717) is 23.2 Å². The second-order valence-electron chi connectivity index (χ2n) is 8.26. The van der Waals surface area contributed by atoms with Crippen molar-refractivity contribution in [1.29, 1.82) is 0 Å². The van der Waals surface area contributed by atoms with Crippen LogP contribution in [0.5, 0.6) is 0 Å². The predicted molar refractivity (Wildman–Crippen MR) is 124 cm³/mol. The van der Waals surface area contributed by atoms with Gasteiger partial charge in [0.25, 0.3) is 5.91 Å². The van der Waals surface area contributed by atoms with Crippen molar-refractivity contribution in [3.63, 3.8) is 0 Å². The molecule has 2 aromatic carbocycles. The monoisotopic (exact) mass is 437 g/mol. The maximum Gasteiger partial charge on any atom is 0.251 e. The fourth-order valence-electron chi connectivity index (χ4n) is 3.90. The van der Waals surface area contributed by atoms with Gasteiger partial charge in [-0.25, -0.2) is 0 Å². The van der Waals surface area contributed by atoms with Gasteiger partial charge in [0.15, 0.2) is 0 Å². The Hall–Kier alpha value is -2.63. The molecule has 2 aliphatic rings. The van der Waals surface area contributed by atoms with E-state index in [4.69, 9.17) is 11.6 Å². The number of rotatable bonds is 8. The average Bonchev–Trinajstić information content (AvgIpc) is 3.42. The number of likely N-dealkylation sites (tertiary alicyclic amines) is 1. The molecule has 0 spiro atoms. The summed E-state index contributed by atoms with van der Waals surface area (Å²) in [5.41, 5.74) is 2.64. The number of nitrogens with zero attached hydrogens (tertiary/aromatic N) is 1. The molecule has 0 bridgehead atoms. The lowest BCUT2D eigenvalue weighted by Gasteiger charge is -2.28. The zero-order valence-electron chi connectivity index (χ0n) is 17.5. The zero-order valence-corrected chi connectivity index (χ0v) is 18.3. The van der Waals surface area contributed by atoms with Crippen LogP contribution in [0.15, 0.2) is 54.6 Å². The topological polar surface area (TPSA) is 61.4 Å². The van der Waals surface area contributed by atoms with Gasteiger partial charge in [-0.1, -0.05) is 35.9 Å². The maximum atomic E-state index is 12.4.